The molecule has 0 saturated heterocycles. The van der Waals surface area contributed by atoms with Gasteiger partial charge in [-0.3, -0.25) is 4.79 Å². The number of hydrogen-bond acceptors (Lipinski definition) is 5. The molecule has 2 N–H and O–H groups in total. The number of nitrogens with one attached hydrogen (secondary N) is 1. The molecule has 0 bridgehead atoms. The predicted molar refractivity (Wildman–Crippen MR) is 71.2 cm³/mol. The molecule has 0 radical (unpaired) electrons. The molecule has 1 amide bonds. The summed E-state index contributed by atoms with van der Waals surface area (Å²) in [6, 6.07) is 4.27. The van der Waals surface area contributed by atoms with Gasteiger partial charge in [-0.2, -0.15) is 0 Å². The molecule has 0 atom stereocenters. The molecule has 0 aliphatic rings. The molecule has 104 valence electrons. The number of amides is 1. The molecule has 0 unspecified atom stereocenters. The zero-order valence-corrected chi connectivity index (χ0v) is 11.3. The van der Waals surface area contributed by atoms with Gasteiger partial charge in [0.05, 0.1) is 7.11 Å². The number of rotatable bonds is 5. The lowest BCUT2D eigenvalue weighted by molar-refractivity contribution is -0.116. The van der Waals surface area contributed by atoms with Crippen molar-refractivity contribution in [1.29, 1.82) is 0 Å². The highest BCUT2D eigenvalue weighted by molar-refractivity contribution is 5.95. The van der Waals surface area contributed by atoms with Gasteiger partial charge in [0.1, 0.15) is 11.3 Å². The Morgan fingerprint density at radius 1 is 1.37 bits per heavy atom. The Bertz CT molecular complexity index is 472. The SMILES string of the molecule is COC(=O)c1ccc(NC(=O)CCN(C)C)cc1O. The van der Waals surface area contributed by atoms with Gasteiger partial charge >= 0.3 is 5.97 Å². The molecule has 0 heterocycles. The summed E-state index contributed by atoms with van der Waals surface area (Å²) in [5.41, 5.74) is 0.502. The van der Waals surface area contributed by atoms with E-state index in [1.54, 1.807) is 6.07 Å². The first kappa shape index (κ1) is 15.0. The van der Waals surface area contributed by atoms with Crippen molar-refractivity contribution in [3.63, 3.8) is 0 Å². The second-order valence-electron chi connectivity index (χ2n) is 4.32. The molecule has 0 fully saturated rings. The van der Waals surface area contributed by atoms with Crippen LogP contribution < -0.4 is 5.32 Å². The van der Waals surface area contributed by atoms with Crippen molar-refractivity contribution < 1.29 is 19.4 Å². The molecular weight excluding hydrogens is 248 g/mol. The Balaban J connectivity index is 2.68. The van der Waals surface area contributed by atoms with Crippen LogP contribution in [0.3, 0.4) is 0 Å². The number of carbonyl (C=O) groups is 2. The fourth-order valence-electron chi connectivity index (χ4n) is 1.44. The van der Waals surface area contributed by atoms with Crippen molar-refractivity contribution in [2.75, 3.05) is 33.1 Å². The van der Waals surface area contributed by atoms with Crippen LogP contribution in [0.2, 0.25) is 0 Å². The van der Waals surface area contributed by atoms with E-state index >= 15 is 0 Å². The first-order valence-electron chi connectivity index (χ1n) is 5.80. The minimum absolute atomic E-state index is 0.0637. The lowest BCUT2D eigenvalue weighted by atomic mass is 10.2. The lowest BCUT2D eigenvalue weighted by Crippen LogP contribution is -2.20. The molecule has 0 saturated carbocycles. The van der Waals surface area contributed by atoms with Gasteiger partial charge in [0.25, 0.3) is 0 Å². The number of nitrogens with zero attached hydrogens (tertiary/aromatic N) is 1. The third-order valence-electron chi connectivity index (χ3n) is 2.47. The predicted octanol–water partition coefficient (Wildman–Crippen LogP) is 1.07. The number of hydrogen-bond donors (Lipinski definition) is 2. The van der Waals surface area contributed by atoms with Crippen LogP contribution in [0.15, 0.2) is 18.2 Å². The summed E-state index contributed by atoms with van der Waals surface area (Å²) in [6.07, 6.45) is 0.354. The number of esters is 1. The Kier molecular flexibility index (Phi) is 5.32. The Labute approximate surface area is 112 Å². The van der Waals surface area contributed by atoms with E-state index in [2.05, 4.69) is 10.1 Å². The minimum Gasteiger partial charge on any atom is -0.507 e. The molecule has 6 nitrogen and oxygen atoms in total. The van der Waals surface area contributed by atoms with E-state index in [9.17, 15) is 14.7 Å². The summed E-state index contributed by atoms with van der Waals surface area (Å²) in [5, 5.41) is 12.3. The van der Waals surface area contributed by atoms with Gasteiger partial charge in [-0.05, 0) is 26.2 Å². The number of methoxy groups -OCH3 is 1. The number of phenols is 1. The quantitative estimate of drug-likeness (QED) is 0.779. The van der Waals surface area contributed by atoms with Crippen molar-refractivity contribution in [3.05, 3.63) is 23.8 Å². The largest absolute Gasteiger partial charge is 0.507 e. The third kappa shape index (κ3) is 4.59. The zero-order valence-electron chi connectivity index (χ0n) is 11.3. The highest BCUT2D eigenvalue weighted by Crippen LogP contribution is 2.22. The summed E-state index contributed by atoms with van der Waals surface area (Å²) in [4.78, 5) is 24.8. The highest BCUT2D eigenvalue weighted by atomic mass is 16.5. The average molecular weight is 266 g/mol. The first-order valence-corrected chi connectivity index (χ1v) is 5.80. The van der Waals surface area contributed by atoms with E-state index in [0.717, 1.165) is 0 Å². The van der Waals surface area contributed by atoms with Gasteiger partial charge in [0, 0.05) is 24.7 Å². The number of ether oxygens (including phenoxy) is 1. The lowest BCUT2D eigenvalue weighted by Gasteiger charge is -2.10. The summed E-state index contributed by atoms with van der Waals surface area (Å²) in [6.45, 7) is 0.637. The number of carbonyl (C=O) groups excluding carboxylic acids is 2. The number of anilines is 1. The monoisotopic (exact) mass is 266 g/mol. The van der Waals surface area contributed by atoms with Gasteiger partial charge in [-0.15, -0.1) is 0 Å². The molecule has 1 rings (SSSR count). The van der Waals surface area contributed by atoms with Crippen molar-refractivity contribution in [1.82, 2.24) is 4.90 Å². The van der Waals surface area contributed by atoms with Gasteiger partial charge in [-0.25, -0.2) is 4.79 Å². The summed E-state index contributed by atoms with van der Waals surface area (Å²) in [7, 11) is 4.99. The standard InChI is InChI=1S/C13H18N2O4/c1-15(2)7-6-12(17)14-9-4-5-10(11(16)8-9)13(18)19-3/h4-5,8,16H,6-7H2,1-3H3,(H,14,17). The Morgan fingerprint density at radius 3 is 2.58 bits per heavy atom. The van der Waals surface area contributed by atoms with Crippen LogP contribution in [-0.2, 0) is 9.53 Å². The molecular formula is C13H18N2O4. The fraction of sp³-hybridized carbons (Fsp3) is 0.385. The molecule has 0 aliphatic heterocycles. The van der Waals surface area contributed by atoms with Gasteiger partial charge in [0.2, 0.25) is 5.91 Å². The van der Waals surface area contributed by atoms with Crippen LogP contribution in [0.4, 0.5) is 5.69 Å². The number of phenolic OH excluding ortho intramolecular Hbond substituents is 1. The molecule has 1 aromatic carbocycles. The molecule has 0 aliphatic carbocycles. The summed E-state index contributed by atoms with van der Waals surface area (Å²) in [5.74, 6) is -1.00. The molecule has 0 spiro atoms. The van der Waals surface area contributed by atoms with E-state index in [1.165, 1.54) is 19.2 Å². The van der Waals surface area contributed by atoms with Crippen LogP contribution in [0, 0.1) is 0 Å². The van der Waals surface area contributed by atoms with Crippen molar-refractivity contribution in [2.24, 2.45) is 0 Å². The smallest absolute Gasteiger partial charge is 0.341 e. The maximum absolute atomic E-state index is 11.6. The van der Waals surface area contributed by atoms with Crippen molar-refractivity contribution in [2.45, 2.75) is 6.42 Å². The molecule has 0 aromatic heterocycles. The fourth-order valence-corrected chi connectivity index (χ4v) is 1.44. The highest BCUT2D eigenvalue weighted by Gasteiger charge is 2.12. The van der Waals surface area contributed by atoms with E-state index in [-0.39, 0.29) is 17.2 Å². The second kappa shape index (κ2) is 6.75. The molecule has 19 heavy (non-hydrogen) atoms. The van der Waals surface area contributed by atoms with Crippen LogP contribution in [0.25, 0.3) is 0 Å². The number of aromatic hydroxyl groups is 1. The summed E-state index contributed by atoms with van der Waals surface area (Å²) >= 11 is 0. The maximum Gasteiger partial charge on any atom is 0.341 e. The zero-order chi connectivity index (χ0) is 14.4. The van der Waals surface area contributed by atoms with Crippen LogP contribution in [0.1, 0.15) is 16.8 Å². The van der Waals surface area contributed by atoms with Gasteiger partial charge < -0.3 is 20.1 Å². The van der Waals surface area contributed by atoms with Crippen molar-refractivity contribution >= 4 is 17.6 Å². The van der Waals surface area contributed by atoms with Crippen LogP contribution in [-0.4, -0.2) is 49.6 Å². The third-order valence-corrected chi connectivity index (χ3v) is 2.47. The van der Waals surface area contributed by atoms with Gasteiger partial charge in [-0.1, -0.05) is 0 Å². The molecule has 6 heteroatoms. The van der Waals surface area contributed by atoms with E-state index in [1.807, 2.05) is 19.0 Å². The van der Waals surface area contributed by atoms with E-state index < -0.39 is 5.97 Å². The van der Waals surface area contributed by atoms with Crippen molar-refractivity contribution in [3.8, 4) is 5.75 Å². The van der Waals surface area contributed by atoms with Crippen LogP contribution in [0.5, 0.6) is 5.75 Å². The minimum atomic E-state index is -0.622. The second-order valence-corrected chi connectivity index (χ2v) is 4.32. The normalized spacial score (nSPS) is 10.3. The maximum atomic E-state index is 11.6. The molecule has 1 aromatic rings. The Hall–Kier alpha value is -2.08. The summed E-state index contributed by atoms with van der Waals surface area (Å²) < 4.78 is 4.51. The van der Waals surface area contributed by atoms with E-state index in [0.29, 0.717) is 18.7 Å². The number of benzene rings is 1. The van der Waals surface area contributed by atoms with Gasteiger partial charge in [0.15, 0.2) is 0 Å². The first-order chi connectivity index (χ1) is 8.93. The van der Waals surface area contributed by atoms with Crippen LogP contribution >= 0.6 is 0 Å². The average Bonchev–Trinajstić information content (AvgIpc) is 2.35. The van der Waals surface area contributed by atoms with E-state index in [4.69, 9.17) is 0 Å². The Morgan fingerprint density at radius 2 is 2.05 bits per heavy atom. The topological polar surface area (TPSA) is 78.9 Å².